The van der Waals surface area contributed by atoms with Crippen molar-refractivity contribution in [3.8, 4) is 28.4 Å². The second kappa shape index (κ2) is 9.85. The van der Waals surface area contributed by atoms with E-state index < -0.39 is 5.97 Å². The van der Waals surface area contributed by atoms with E-state index in [1.54, 1.807) is 43.5 Å². The number of esters is 1. The molecular formula is C26H26O6. The molecule has 0 saturated carbocycles. The smallest absolute Gasteiger partial charge is 0.343 e. The van der Waals surface area contributed by atoms with Gasteiger partial charge in [-0.2, -0.15) is 0 Å². The van der Waals surface area contributed by atoms with Crippen LogP contribution in [-0.2, 0) is 9.47 Å². The molecule has 0 N–H and O–H groups in total. The highest BCUT2D eigenvalue weighted by atomic mass is 16.7. The number of carbonyl (C=O) groups excluding carboxylic acids is 1. The van der Waals surface area contributed by atoms with Crippen LogP contribution in [0.15, 0.2) is 72.8 Å². The molecule has 0 atom stereocenters. The number of hydrogen-bond acceptors (Lipinski definition) is 6. The molecule has 0 unspecified atom stereocenters. The monoisotopic (exact) mass is 434 g/mol. The molecule has 1 saturated heterocycles. The Bertz CT molecular complexity index is 1020. The zero-order chi connectivity index (χ0) is 22.4. The average Bonchev–Trinajstić information content (AvgIpc) is 2.81. The van der Waals surface area contributed by atoms with Gasteiger partial charge in [0.2, 0.25) is 0 Å². The van der Waals surface area contributed by atoms with Gasteiger partial charge in [0.1, 0.15) is 17.2 Å². The third-order valence-corrected chi connectivity index (χ3v) is 5.24. The van der Waals surface area contributed by atoms with E-state index >= 15 is 0 Å². The largest absolute Gasteiger partial charge is 0.497 e. The summed E-state index contributed by atoms with van der Waals surface area (Å²) >= 11 is 0. The first-order valence-electron chi connectivity index (χ1n) is 10.4. The van der Waals surface area contributed by atoms with Crippen LogP contribution in [0.25, 0.3) is 11.1 Å². The van der Waals surface area contributed by atoms with Crippen molar-refractivity contribution in [3.05, 3.63) is 78.4 Å². The minimum absolute atomic E-state index is 0.113. The first kappa shape index (κ1) is 21.9. The van der Waals surface area contributed by atoms with Gasteiger partial charge in [-0.15, -0.1) is 0 Å². The molecule has 4 rings (SSSR count). The van der Waals surface area contributed by atoms with Crippen molar-refractivity contribution in [2.45, 2.75) is 6.92 Å². The van der Waals surface area contributed by atoms with Crippen LogP contribution in [0.4, 0.5) is 0 Å². The number of carbonyl (C=O) groups is 1. The molecule has 1 aliphatic rings. The maximum atomic E-state index is 12.3. The Kier molecular flexibility index (Phi) is 6.73. The first-order chi connectivity index (χ1) is 15.5. The predicted molar refractivity (Wildman–Crippen MR) is 120 cm³/mol. The van der Waals surface area contributed by atoms with Crippen LogP contribution in [0.1, 0.15) is 17.3 Å². The van der Waals surface area contributed by atoms with Crippen LogP contribution in [0.5, 0.6) is 17.2 Å². The van der Waals surface area contributed by atoms with Crippen LogP contribution in [0.3, 0.4) is 0 Å². The topological polar surface area (TPSA) is 63.2 Å². The van der Waals surface area contributed by atoms with Crippen LogP contribution in [0, 0.1) is 5.41 Å². The predicted octanol–water partition coefficient (Wildman–Crippen LogP) is 4.97. The first-order valence-corrected chi connectivity index (χ1v) is 10.4. The molecule has 0 radical (unpaired) electrons. The van der Waals surface area contributed by atoms with Crippen molar-refractivity contribution >= 4 is 5.97 Å². The van der Waals surface area contributed by atoms with Crippen molar-refractivity contribution in [1.82, 2.24) is 0 Å². The van der Waals surface area contributed by atoms with Gasteiger partial charge in [-0.1, -0.05) is 31.2 Å². The molecule has 6 nitrogen and oxygen atoms in total. The summed E-state index contributed by atoms with van der Waals surface area (Å²) in [4.78, 5) is 12.3. The summed E-state index contributed by atoms with van der Waals surface area (Å²) in [6, 6.07) is 22.0. The molecule has 0 spiro atoms. The molecular weight excluding hydrogens is 408 g/mol. The number of benzene rings is 3. The van der Waals surface area contributed by atoms with Gasteiger partial charge in [0.25, 0.3) is 0 Å². The standard InChI is InChI=1S/C26H26O6/c1-26(15-29-16-26)17-30-18-31-23-11-3-19(4-12-23)20-5-13-24(14-6-20)32-25(27)21-7-9-22(28-2)10-8-21/h3-14H,15-18H2,1-2H3. The lowest BCUT2D eigenvalue weighted by atomic mass is 9.90. The molecule has 0 aromatic heterocycles. The number of hydrogen-bond donors (Lipinski definition) is 0. The summed E-state index contributed by atoms with van der Waals surface area (Å²) in [6.45, 7) is 4.45. The molecule has 1 aliphatic heterocycles. The van der Waals surface area contributed by atoms with E-state index in [0.717, 1.165) is 30.1 Å². The van der Waals surface area contributed by atoms with Gasteiger partial charge in [-0.3, -0.25) is 0 Å². The van der Waals surface area contributed by atoms with Gasteiger partial charge in [0, 0.05) is 5.41 Å². The number of rotatable bonds is 9. The number of ether oxygens (including phenoxy) is 5. The quantitative estimate of drug-likeness (QED) is 0.205. The van der Waals surface area contributed by atoms with Crippen molar-refractivity contribution in [2.75, 3.05) is 33.7 Å². The Hall–Kier alpha value is -3.35. The van der Waals surface area contributed by atoms with Gasteiger partial charge in [0.15, 0.2) is 6.79 Å². The van der Waals surface area contributed by atoms with Crippen LogP contribution in [0.2, 0.25) is 0 Å². The van der Waals surface area contributed by atoms with Crippen LogP contribution >= 0.6 is 0 Å². The maximum Gasteiger partial charge on any atom is 0.343 e. The second-order valence-electron chi connectivity index (χ2n) is 8.08. The Morgan fingerprint density at radius 2 is 1.41 bits per heavy atom. The van der Waals surface area contributed by atoms with E-state index in [1.807, 2.05) is 36.4 Å². The molecule has 0 amide bonds. The lowest BCUT2D eigenvalue weighted by Crippen LogP contribution is -2.43. The maximum absolute atomic E-state index is 12.3. The van der Waals surface area contributed by atoms with Crippen molar-refractivity contribution in [3.63, 3.8) is 0 Å². The summed E-state index contributed by atoms with van der Waals surface area (Å²) in [5, 5.41) is 0. The highest BCUT2D eigenvalue weighted by Gasteiger charge is 2.33. The van der Waals surface area contributed by atoms with E-state index in [2.05, 4.69) is 6.92 Å². The third-order valence-electron chi connectivity index (χ3n) is 5.24. The van der Waals surface area contributed by atoms with Gasteiger partial charge < -0.3 is 23.7 Å². The van der Waals surface area contributed by atoms with Crippen molar-refractivity contribution in [1.29, 1.82) is 0 Å². The van der Waals surface area contributed by atoms with Gasteiger partial charge in [0.05, 0.1) is 32.5 Å². The second-order valence-corrected chi connectivity index (χ2v) is 8.08. The van der Waals surface area contributed by atoms with E-state index in [4.69, 9.17) is 23.7 Å². The molecule has 1 heterocycles. The highest BCUT2D eigenvalue weighted by Crippen LogP contribution is 2.27. The molecule has 6 heteroatoms. The SMILES string of the molecule is COc1ccc(C(=O)Oc2ccc(-c3ccc(OCOCC4(C)COC4)cc3)cc2)cc1. The summed E-state index contributed by atoms with van der Waals surface area (Å²) in [5.74, 6) is 1.50. The molecule has 0 bridgehead atoms. The fraction of sp³-hybridized carbons (Fsp3) is 0.269. The average molecular weight is 434 g/mol. The summed E-state index contributed by atoms with van der Waals surface area (Å²) < 4.78 is 27.0. The molecule has 1 fully saturated rings. The lowest BCUT2D eigenvalue weighted by molar-refractivity contribution is -0.151. The Balaban J connectivity index is 1.28. The van der Waals surface area contributed by atoms with E-state index in [1.165, 1.54) is 0 Å². The molecule has 3 aromatic rings. The van der Waals surface area contributed by atoms with E-state index in [0.29, 0.717) is 23.7 Å². The van der Waals surface area contributed by atoms with Crippen LogP contribution in [-0.4, -0.2) is 39.7 Å². The zero-order valence-electron chi connectivity index (χ0n) is 18.2. The van der Waals surface area contributed by atoms with Gasteiger partial charge in [-0.05, 0) is 59.7 Å². The minimum atomic E-state index is -0.414. The highest BCUT2D eigenvalue weighted by molar-refractivity contribution is 5.91. The fourth-order valence-electron chi connectivity index (χ4n) is 3.28. The normalized spacial score (nSPS) is 14.3. The van der Waals surface area contributed by atoms with E-state index in [9.17, 15) is 4.79 Å². The van der Waals surface area contributed by atoms with Crippen molar-refractivity contribution < 1.29 is 28.5 Å². The van der Waals surface area contributed by atoms with Crippen molar-refractivity contribution in [2.24, 2.45) is 5.41 Å². The number of methoxy groups -OCH3 is 1. The van der Waals surface area contributed by atoms with Crippen LogP contribution < -0.4 is 14.2 Å². The fourth-order valence-corrected chi connectivity index (χ4v) is 3.28. The zero-order valence-corrected chi connectivity index (χ0v) is 18.2. The Labute approximate surface area is 187 Å². The van der Waals surface area contributed by atoms with E-state index in [-0.39, 0.29) is 12.2 Å². The molecule has 3 aromatic carbocycles. The summed E-state index contributed by atoms with van der Waals surface area (Å²) in [5.41, 5.74) is 2.62. The van der Waals surface area contributed by atoms with Gasteiger partial charge >= 0.3 is 5.97 Å². The molecule has 166 valence electrons. The van der Waals surface area contributed by atoms with Gasteiger partial charge in [-0.25, -0.2) is 4.79 Å². The Morgan fingerprint density at radius 1 is 0.844 bits per heavy atom. The molecule has 0 aliphatic carbocycles. The molecule has 32 heavy (non-hydrogen) atoms. The summed E-state index contributed by atoms with van der Waals surface area (Å²) in [7, 11) is 1.58. The Morgan fingerprint density at radius 3 is 1.94 bits per heavy atom. The third kappa shape index (κ3) is 5.46. The lowest BCUT2D eigenvalue weighted by Gasteiger charge is -2.37. The minimum Gasteiger partial charge on any atom is -0.497 e. The summed E-state index contributed by atoms with van der Waals surface area (Å²) in [6.07, 6.45) is 0.